The molecule has 1 aliphatic rings. The average Bonchev–Trinajstić information content (AvgIpc) is 2.35. The predicted octanol–water partition coefficient (Wildman–Crippen LogP) is -0.211. The van der Waals surface area contributed by atoms with Gasteiger partial charge in [-0.2, -0.15) is 0 Å². The van der Waals surface area contributed by atoms with E-state index in [1.165, 1.54) is 0 Å². The van der Waals surface area contributed by atoms with Gasteiger partial charge in [-0.1, -0.05) is 24.3 Å². The van der Waals surface area contributed by atoms with Crippen LogP contribution >= 0.6 is 0 Å². The van der Waals surface area contributed by atoms with Crippen LogP contribution in [0.15, 0.2) is 24.3 Å². The standard InChI is InChI=1S/C14H22O5/c1-9(16)5-3-2-4-6-10-7-12(17)14(19)13(18)11(10)8-15/h2-4,6,9-12,14-17,19H,5,7-8H2,1H3/b3-2+,6-4+/t9-,10-,11+,12-,14-/m1/s1. The van der Waals surface area contributed by atoms with E-state index in [9.17, 15) is 20.1 Å². The van der Waals surface area contributed by atoms with Gasteiger partial charge in [0.15, 0.2) is 5.78 Å². The number of hydrogen-bond donors (Lipinski definition) is 4. The van der Waals surface area contributed by atoms with Gasteiger partial charge in [-0.25, -0.2) is 0 Å². The molecular formula is C14H22O5. The largest absolute Gasteiger partial charge is 0.396 e. The molecule has 1 saturated carbocycles. The summed E-state index contributed by atoms with van der Waals surface area (Å²) in [6.45, 7) is 1.35. The summed E-state index contributed by atoms with van der Waals surface area (Å²) in [6, 6.07) is 0. The molecule has 0 radical (unpaired) electrons. The maximum absolute atomic E-state index is 11.7. The van der Waals surface area contributed by atoms with Crippen LogP contribution in [0.5, 0.6) is 0 Å². The molecule has 0 unspecified atom stereocenters. The lowest BCUT2D eigenvalue weighted by molar-refractivity contribution is -0.146. The van der Waals surface area contributed by atoms with Crippen molar-refractivity contribution in [3.63, 3.8) is 0 Å². The van der Waals surface area contributed by atoms with E-state index < -0.39 is 30.0 Å². The van der Waals surface area contributed by atoms with Gasteiger partial charge in [0, 0.05) is 5.92 Å². The molecule has 0 saturated heterocycles. The van der Waals surface area contributed by atoms with E-state index in [-0.39, 0.29) is 18.9 Å². The second kappa shape index (κ2) is 7.55. The molecule has 0 aromatic rings. The lowest BCUT2D eigenvalue weighted by Gasteiger charge is -2.33. The molecule has 0 bridgehead atoms. The fraction of sp³-hybridized carbons (Fsp3) is 0.643. The summed E-state index contributed by atoms with van der Waals surface area (Å²) in [5.41, 5.74) is 0. The van der Waals surface area contributed by atoms with Crippen LogP contribution < -0.4 is 0 Å². The summed E-state index contributed by atoms with van der Waals surface area (Å²) >= 11 is 0. The monoisotopic (exact) mass is 270 g/mol. The molecular weight excluding hydrogens is 248 g/mol. The zero-order valence-corrected chi connectivity index (χ0v) is 11.0. The predicted molar refractivity (Wildman–Crippen MR) is 70.3 cm³/mol. The molecule has 5 atom stereocenters. The Morgan fingerprint density at radius 3 is 2.63 bits per heavy atom. The Balaban J connectivity index is 2.62. The Kier molecular flexibility index (Phi) is 6.37. The number of ketones is 1. The van der Waals surface area contributed by atoms with Gasteiger partial charge in [0.2, 0.25) is 0 Å². The van der Waals surface area contributed by atoms with Gasteiger partial charge in [0.05, 0.1) is 18.8 Å². The van der Waals surface area contributed by atoms with E-state index >= 15 is 0 Å². The SMILES string of the molecule is C[C@@H](O)C/C=C/C=C/[C@@H]1C[C@@H](O)[C@@H](O)C(=O)[C@H]1CO. The molecule has 0 heterocycles. The van der Waals surface area contributed by atoms with Gasteiger partial charge in [0.25, 0.3) is 0 Å². The lowest BCUT2D eigenvalue weighted by atomic mass is 9.75. The minimum absolute atomic E-state index is 0.249. The molecule has 0 spiro atoms. The number of aliphatic hydroxyl groups excluding tert-OH is 4. The highest BCUT2D eigenvalue weighted by molar-refractivity contribution is 5.87. The smallest absolute Gasteiger partial charge is 0.169 e. The van der Waals surface area contributed by atoms with E-state index in [2.05, 4.69) is 0 Å². The zero-order valence-electron chi connectivity index (χ0n) is 11.0. The van der Waals surface area contributed by atoms with E-state index in [1.54, 1.807) is 31.2 Å². The Labute approximate surface area is 112 Å². The minimum Gasteiger partial charge on any atom is -0.396 e. The van der Waals surface area contributed by atoms with E-state index in [0.717, 1.165) is 0 Å². The Morgan fingerprint density at radius 1 is 1.37 bits per heavy atom. The molecule has 1 rings (SSSR count). The average molecular weight is 270 g/mol. The number of carbonyl (C=O) groups excluding carboxylic acids is 1. The Bertz CT molecular complexity index is 348. The van der Waals surface area contributed by atoms with Crippen LogP contribution in [-0.2, 0) is 4.79 Å². The zero-order chi connectivity index (χ0) is 14.4. The molecule has 0 aromatic heterocycles. The van der Waals surface area contributed by atoms with Crippen molar-refractivity contribution in [3.8, 4) is 0 Å². The second-order valence-corrected chi connectivity index (χ2v) is 5.00. The second-order valence-electron chi connectivity index (χ2n) is 5.00. The molecule has 108 valence electrons. The quantitative estimate of drug-likeness (QED) is 0.518. The molecule has 1 fully saturated rings. The van der Waals surface area contributed by atoms with E-state index in [1.807, 2.05) is 0 Å². The van der Waals surface area contributed by atoms with Crippen molar-refractivity contribution in [3.05, 3.63) is 24.3 Å². The van der Waals surface area contributed by atoms with Gasteiger partial charge in [-0.3, -0.25) is 4.79 Å². The summed E-state index contributed by atoms with van der Waals surface area (Å²) in [5.74, 6) is -1.46. The van der Waals surface area contributed by atoms with Crippen LogP contribution in [-0.4, -0.2) is 51.1 Å². The number of hydrogen-bond acceptors (Lipinski definition) is 5. The normalized spacial score (nSPS) is 34.3. The van der Waals surface area contributed by atoms with Gasteiger partial charge >= 0.3 is 0 Å². The maximum atomic E-state index is 11.7. The van der Waals surface area contributed by atoms with Crippen LogP contribution in [0.25, 0.3) is 0 Å². The van der Waals surface area contributed by atoms with Gasteiger partial charge in [0.1, 0.15) is 6.10 Å². The van der Waals surface area contributed by atoms with Crippen molar-refractivity contribution in [1.29, 1.82) is 0 Å². The third kappa shape index (κ3) is 4.54. The van der Waals surface area contributed by atoms with Crippen LogP contribution in [0.4, 0.5) is 0 Å². The number of allylic oxidation sites excluding steroid dienone is 3. The van der Waals surface area contributed by atoms with Gasteiger partial charge in [-0.05, 0) is 25.7 Å². The van der Waals surface area contributed by atoms with Crippen LogP contribution in [0.2, 0.25) is 0 Å². The third-order valence-electron chi connectivity index (χ3n) is 3.33. The molecule has 0 aromatic carbocycles. The molecule has 5 nitrogen and oxygen atoms in total. The van der Waals surface area contributed by atoms with E-state index in [0.29, 0.717) is 6.42 Å². The topological polar surface area (TPSA) is 98.0 Å². The molecule has 1 aliphatic carbocycles. The summed E-state index contributed by atoms with van der Waals surface area (Å²) in [7, 11) is 0. The fourth-order valence-corrected chi connectivity index (χ4v) is 2.19. The Hall–Kier alpha value is -1.01. The first kappa shape index (κ1) is 16.0. The van der Waals surface area contributed by atoms with Gasteiger partial charge < -0.3 is 20.4 Å². The highest BCUT2D eigenvalue weighted by Crippen LogP contribution is 2.29. The minimum atomic E-state index is -1.40. The van der Waals surface area contributed by atoms with Crippen molar-refractivity contribution in [2.24, 2.45) is 11.8 Å². The van der Waals surface area contributed by atoms with Crippen LogP contribution in [0.1, 0.15) is 19.8 Å². The van der Waals surface area contributed by atoms with Crippen LogP contribution in [0.3, 0.4) is 0 Å². The fourth-order valence-electron chi connectivity index (χ4n) is 2.19. The van der Waals surface area contributed by atoms with Crippen molar-refractivity contribution in [2.75, 3.05) is 6.61 Å². The Morgan fingerprint density at radius 2 is 2.05 bits per heavy atom. The lowest BCUT2D eigenvalue weighted by Crippen LogP contribution is -2.48. The summed E-state index contributed by atoms with van der Waals surface area (Å²) in [5, 5.41) is 37.3. The molecule has 0 aliphatic heterocycles. The van der Waals surface area contributed by atoms with Crippen LogP contribution in [0, 0.1) is 11.8 Å². The first-order valence-corrected chi connectivity index (χ1v) is 6.49. The van der Waals surface area contributed by atoms with E-state index in [4.69, 9.17) is 5.11 Å². The number of Topliss-reactive ketones (excluding diaryl/α,β-unsaturated/α-hetero) is 1. The van der Waals surface area contributed by atoms with Gasteiger partial charge in [-0.15, -0.1) is 0 Å². The summed E-state index contributed by atoms with van der Waals surface area (Å²) in [6.07, 6.45) is 4.94. The maximum Gasteiger partial charge on any atom is 0.169 e. The summed E-state index contributed by atoms with van der Waals surface area (Å²) in [4.78, 5) is 11.7. The van der Waals surface area contributed by atoms with Crippen molar-refractivity contribution in [1.82, 2.24) is 0 Å². The third-order valence-corrected chi connectivity index (χ3v) is 3.33. The summed E-state index contributed by atoms with van der Waals surface area (Å²) < 4.78 is 0. The van der Waals surface area contributed by atoms with Crippen molar-refractivity contribution in [2.45, 2.75) is 38.1 Å². The highest BCUT2D eigenvalue weighted by Gasteiger charge is 2.40. The first-order chi connectivity index (χ1) is 8.97. The highest BCUT2D eigenvalue weighted by atomic mass is 16.3. The number of carbonyl (C=O) groups is 1. The van der Waals surface area contributed by atoms with Crippen molar-refractivity contribution < 1.29 is 25.2 Å². The molecule has 4 N–H and O–H groups in total. The van der Waals surface area contributed by atoms with Crippen molar-refractivity contribution >= 4 is 5.78 Å². The first-order valence-electron chi connectivity index (χ1n) is 6.49. The molecule has 5 heteroatoms. The number of rotatable bonds is 5. The molecule has 19 heavy (non-hydrogen) atoms. The number of aliphatic hydroxyl groups is 4. The molecule has 0 amide bonds.